The summed E-state index contributed by atoms with van der Waals surface area (Å²) < 4.78 is 4.72. The molecule has 0 atom stereocenters. The standard InChI is InChI=1S/C27H28N2O3/c1-32-27(31)22-8-5-9-25(18-22)29-26(30)21-12-16-24(17-13-21)28-23-14-10-20(11-15-23)19-6-3-2-4-7-19/h5,8-19,28H,2-4,6-7H2,1H3,(H,29,30). The van der Waals surface area contributed by atoms with Crippen molar-refractivity contribution in [2.24, 2.45) is 0 Å². The number of hydrogen-bond donors (Lipinski definition) is 2. The predicted molar refractivity (Wildman–Crippen MR) is 128 cm³/mol. The highest BCUT2D eigenvalue weighted by Gasteiger charge is 2.15. The number of amides is 1. The average Bonchev–Trinajstić information content (AvgIpc) is 2.85. The number of rotatable bonds is 6. The first-order chi connectivity index (χ1) is 15.6. The molecule has 4 rings (SSSR count). The van der Waals surface area contributed by atoms with Crippen LogP contribution in [0.5, 0.6) is 0 Å². The maximum atomic E-state index is 12.6. The molecule has 3 aromatic carbocycles. The number of hydrogen-bond acceptors (Lipinski definition) is 4. The molecule has 1 aliphatic carbocycles. The van der Waals surface area contributed by atoms with Crippen LogP contribution in [0.4, 0.5) is 17.1 Å². The first-order valence-electron chi connectivity index (χ1n) is 11.1. The van der Waals surface area contributed by atoms with Crippen LogP contribution in [0.2, 0.25) is 0 Å². The average molecular weight is 429 g/mol. The van der Waals surface area contributed by atoms with Gasteiger partial charge in [-0.05, 0) is 78.9 Å². The van der Waals surface area contributed by atoms with Gasteiger partial charge >= 0.3 is 5.97 Å². The number of anilines is 3. The van der Waals surface area contributed by atoms with Crippen molar-refractivity contribution in [2.45, 2.75) is 38.0 Å². The van der Waals surface area contributed by atoms with Crippen molar-refractivity contribution in [3.05, 3.63) is 89.5 Å². The molecule has 0 saturated heterocycles. The van der Waals surface area contributed by atoms with Gasteiger partial charge in [-0.1, -0.05) is 37.5 Å². The van der Waals surface area contributed by atoms with E-state index in [1.165, 1.54) is 44.8 Å². The van der Waals surface area contributed by atoms with E-state index in [-0.39, 0.29) is 5.91 Å². The second kappa shape index (κ2) is 10.1. The molecule has 164 valence electrons. The lowest BCUT2D eigenvalue weighted by atomic mass is 9.84. The maximum absolute atomic E-state index is 12.6. The van der Waals surface area contributed by atoms with E-state index in [0.717, 1.165) is 11.4 Å². The molecule has 5 heteroatoms. The fraction of sp³-hybridized carbons (Fsp3) is 0.259. The normalized spacial score (nSPS) is 13.9. The Hall–Kier alpha value is -3.60. The Kier molecular flexibility index (Phi) is 6.85. The van der Waals surface area contributed by atoms with Crippen molar-refractivity contribution < 1.29 is 14.3 Å². The molecule has 1 aliphatic rings. The first-order valence-corrected chi connectivity index (χ1v) is 11.1. The van der Waals surface area contributed by atoms with E-state index in [9.17, 15) is 9.59 Å². The molecule has 5 nitrogen and oxygen atoms in total. The Balaban J connectivity index is 1.36. The molecule has 0 unspecified atom stereocenters. The minimum absolute atomic E-state index is 0.240. The largest absolute Gasteiger partial charge is 0.465 e. The number of nitrogens with one attached hydrogen (secondary N) is 2. The summed E-state index contributed by atoms with van der Waals surface area (Å²) in [6, 6.07) is 22.7. The van der Waals surface area contributed by atoms with E-state index in [1.54, 1.807) is 36.4 Å². The molecule has 3 aromatic rings. The van der Waals surface area contributed by atoms with Gasteiger partial charge in [0.2, 0.25) is 0 Å². The van der Waals surface area contributed by atoms with Crippen molar-refractivity contribution in [3.8, 4) is 0 Å². The lowest BCUT2D eigenvalue weighted by Gasteiger charge is -2.22. The van der Waals surface area contributed by atoms with Crippen molar-refractivity contribution in [1.29, 1.82) is 0 Å². The zero-order valence-corrected chi connectivity index (χ0v) is 18.3. The first kappa shape index (κ1) is 21.6. The molecule has 2 N–H and O–H groups in total. The maximum Gasteiger partial charge on any atom is 0.337 e. The van der Waals surface area contributed by atoms with Crippen molar-refractivity contribution >= 4 is 28.9 Å². The second-order valence-corrected chi connectivity index (χ2v) is 8.19. The van der Waals surface area contributed by atoms with E-state index in [4.69, 9.17) is 4.74 Å². The molecule has 1 amide bonds. The van der Waals surface area contributed by atoms with Crippen LogP contribution in [0, 0.1) is 0 Å². The summed E-state index contributed by atoms with van der Waals surface area (Å²) in [5.74, 6) is 0.0163. The highest BCUT2D eigenvalue weighted by atomic mass is 16.5. The Morgan fingerprint density at radius 1 is 0.781 bits per heavy atom. The van der Waals surface area contributed by atoms with Gasteiger partial charge in [-0.2, -0.15) is 0 Å². The highest BCUT2D eigenvalue weighted by molar-refractivity contribution is 6.05. The molecular formula is C27H28N2O3. The monoisotopic (exact) mass is 428 g/mol. The molecule has 0 bridgehead atoms. The van der Waals surface area contributed by atoms with Gasteiger partial charge in [-0.15, -0.1) is 0 Å². The van der Waals surface area contributed by atoms with E-state index >= 15 is 0 Å². The summed E-state index contributed by atoms with van der Waals surface area (Å²) in [7, 11) is 1.33. The van der Waals surface area contributed by atoms with E-state index in [2.05, 4.69) is 34.9 Å². The Morgan fingerprint density at radius 3 is 2.09 bits per heavy atom. The quantitative estimate of drug-likeness (QED) is 0.439. The van der Waals surface area contributed by atoms with Gasteiger partial charge < -0.3 is 15.4 Å². The van der Waals surface area contributed by atoms with E-state index in [0.29, 0.717) is 22.7 Å². The molecule has 0 heterocycles. The third-order valence-corrected chi connectivity index (χ3v) is 5.96. The molecule has 32 heavy (non-hydrogen) atoms. The van der Waals surface area contributed by atoms with Gasteiger partial charge in [-0.3, -0.25) is 4.79 Å². The SMILES string of the molecule is COC(=O)c1cccc(NC(=O)c2ccc(Nc3ccc(C4CCCCC4)cc3)cc2)c1. The lowest BCUT2D eigenvalue weighted by Crippen LogP contribution is -2.12. The van der Waals surface area contributed by atoms with Crippen LogP contribution in [0.1, 0.15) is 64.3 Å². The number of methoxy groups -OCH3 is 1. The van der Waals surface area contributed by atoms with Crippen LogP contribution in [-0.4, -0.2) is 19.0 Å². The molecule has 0 aliphatic heterocycles. The number of ether oxygens (including phenoxy) is 1. The summed E-state index contributed by atoms with van der Waals surface area (Å²) in [5, 5.41) is 6.21. The fourth-order valence-corrected chi connectivity index (χ4v) is 4.19. The van der Waals surface area contributed by atoms with Crippen molar-refractivity contribution in [3.63, 3.8) is 0 Å². The number of carbonyl (C=O) groups excluding carboxylic acids is 2. The Bertz CT molecular complexity index is 1070. The molecule has 1 fully saturated rings. The number of carbonyl (C=O) groups is 2. The third-order valence-electron chi connectivity index (χ3n) is 5.96. The predicted octanol–water partition coefficient (Wildman–Crippen LogP) is 6.52. The summed E-state index contributed by atoms with van der Waals surface area (Å²) in [6.45, 7) is 0. The molecule has 0 spiro atoms. The molecule has 1 saturated carbocycles. The van der Waals surface area contributed by atoms with Gasteiger partial charge in [-0.25, -0.2) is 4.79 Å². The van der Waals surface area contributed by atoms with Gasteiger partial charge in [0.15, 0.2) is 0 Å². The molecule has 0 radical (unpaired) electrons. The fourth-order valence-electron chi connectivity index (χ4n) is 4.19. The third kappa shape index (κ3) is 5.35. The smallest absolute Gasteiger partial charge is 0.337 e. The van der Waals surface area contributed by atoms with Crippen LogP contribution in [0.25, 0.3) is 0 Å². The van der Waals surface area contributed by atoms with Gasteiger partial charge in [0.25, 0.3) is 5.91 Å². The summed E-state index contributed by atoms with van der Waals surface area (Å²) in [4.78, 5) is 24.2. The van der Waals surface area contributed by atoms with Crippen LogP contribution < -0.4 is 10.6 Å². The van der Waals surface area contributed by atoms with Crippen LogP contribution in [0.3, 0.4) is 0 Å². The Morgan fingerprint density at radius 2 is 1.44 bits per heavy atom. The van der Waals surface area contributed by atoms with Crippen LogP contribution >= 0.6 is 0 Å². The zero-order chi connectivity index (χ0) is 22.3. The molecular weight excluding hydrogens is 400 g/mol. The lowest BCUT2D eigenvalue weighted by molar-refractivity contribution is 0.0600. The summed E-state index contributed by atoms with van der Waals surface area (Å²) >= 11 is 0. The highest BCUT2D eigenvalue weighted by Crippen LogP contribution is 2.33. The topological polar surface area (TPSA) is 67.4 Å². The van der Waals surface area contributed by atoms with Crippen LogP contribution in [0.15, 0.2) is 72.8 Å². The Labute approximate surface area is 188 Å². The zero-order valence-electron chi connectivity index (χ0n) is 18.3. The summed E-state index contributed by atoms with van der Waals surface area (Å²) in [6.07, 6.45) is 6.62. The van der Waals surface area contributed by atoms with Crippen molar-refractivity contribution in [1.82, 2.24) is 0 Å². The van der Waals surface area contributed by atoms with Gasteiger partial charge in [0, 0.05) is 22.6 Å². The number of benzene rings is 3. The van der Waals surface area contributed by atoms with E-state index < -0.39 is 5.97 Å². The second-order valence-electron chi connectivity index (χ2n) is 8.19. The number of esters is 1. The van der Waals surface area contributed by atoms with E-state index in [1.807, 2.05) is 12.1 Å². The van der Waals surface area contributed by atoms with Crippen LogP contribution in [-0.2, 0) is 4.74 Å². The van der Waals surface area contributed by atoms with Gasteiger partial charge in [0.05, 0.1) is 12.7 Å². The molecule has 0 aromatic heterocycles. The minimum Gasteiger partial charge on any atom is -0.465 e. The summed E-state index contributed by atoms with van der Waals surface area (Å²) in [5.41, 5.74) is 4.84. The van der Waals surface area contributed by atoms with Crippen molar-refractivity contribution in [2.75, 3.05) is 17.7 Å². The van der Waals surface area contributed by atoms with Gasteiger partial charge in [0.1, 0.15) is 0 Å². The minimum atomic E-state index is -0.441.